The number of nitriles is 1. The van der Waals surface area contributed by atoms with Crippen LogP contribution in [-0.4, -0.2) is 28.5 Å². The number of aromatic amines is 1. The second kappa shape index (κ2) is 6.89. The van der Waals surface area contributed by atoms with Crippen LogP contribution >= 0.6 is 0 Å². The van der Waals surface area contributed by atoms with E-state index in [0.29, 0.717) is 11.6 Å². The van der Waals surface area contributed by atoms with Crippen LogP contribution in [-0.2, 0) is 19.4 Å². The normalized spacial score (nSPS) is 20.2. The van der Waals surface area contributed by atoms with Gasteiger partial charge in [0.25, 0.3) is 0 Å². The van der Waals surface area contributed by atoms with Gasteiger partial charge in [0, 0.05) is 17.8 Å². The van der Waals surface area contributed by atoms with E-state index in [9.17, 15) is 0 Å². The Morgan fingerprint density at radius 1 is 1.32 bits per heavy atom. The van der Waals surface area contributed by atoms with Crippen LogP contribution in [0.5, 0.6) is 5.75 Å². The number of nitrogens with one attached hydrogen (secondary N) is 1. The van der Waals surface area contributed by atoms with Gasteiger partial charge in [0.2, 0.25) is 0 Å². The SMILES string of the molecule is COc1cc(C#N)ccc1CN1CCC[C@@H]1c1nc2c([nH]1)CCCC2. The lowest BCUT2D eigenvalue weighted by Crippen LogP contribution is -2.24. The lowest BCUT2D eigenvalue weighted by molar-refractivity contribution is 0.237. The fraction of sp³-hybridized carbons (Fsp3) is 0.500. The van der Waals surface area contributed by atoms with Crippen molar-refractivity contribution in [3.8, 4) is 11.8 Å². The van der Waals surface area contributed by atoms with Gasteiger partial charge in [-0.05, 0) is 57.2 Å². The summed E-state index contributed by atoms with van der Waals surface area (Å²) in [5, 5.41) is 9.08. The van der Waals surface area contributed by atoms with Crippen LogP contribution in [0, 0.1) is 11.3 Å². The second-order valence-electron chi connectivity index (χ2n) is 7.02. The zero-order valence-corrected chi connectivity index (χ0v) is 14.7. The Kier molecular flexibility index (Phi) is 4.46. The Balaban J connectivity index is 1.56. The van der Waals surface area contributed by atoms with E-state index in [1.165, 1.54) is 30.7 Å². The fourth-order valence-corrected chi connectivity index (χ4v) is 4.12. The fourth-order valence-electron chi connectivity index (χ4n) is 4.12. The van der Waals surface area contributed by atoms with Crippen molar-refractivity contribution in [2.24, 2.45) is 0 Å². The molecular formula is C20H24N4O. The summed E-state index contributed by atoms with van der Waals surface area (Å²) in [4.78, 5) is 11.0. The van der Waals surface area contributed by atoms with Crippen molar-refractivity contribution in [1.29, 1.82) is 5.26 Å². The van der Waals surface area contributed by atoms with Gasteiger partial charge in [0.05, 0.1) is 30.5 Å². The average Bonchev–Trinajstić information content (AvgIpc) is 3.28. The van der Waals surface area contributed by atoms with Crippen LogP contribution in [0.1, 0.15) is 60.1 Å². The summed E-state index contributed by atoms with van der Waals surface area (Å²) in [5.41, 5.74) is 4.40. The molecule has 25 heavy (non-hydrogen) atoms. The third-order valence-electron chi connectivity index (χ3n) is 5.44. The molecule has 1 aromatic carbocycles. The van der Waals surface area contributed by atoms with E-state index in [1.54, 1.807) is 7.11 Å². The number of rotatable bonds is 4. The summed E-state index contributed by atoms with van der Waals surface area (Å²) in [6, 6.07) is 8.24. The first kappa shape index (κ1) is 16.2. The Morgan fingerprint density at radius 2 is 2.20 bits per heavy atom. The van der Waals surface area contributed by atoms with E-state index in [-0.39, 0.29) is 0 Å². The number of likely N-dealkylation sites (tertiary alicyclic amines) is 1. The van der Waals surface area contributed by atoms with Gasteiger partial charge in [-0.25, -0.2) is 4.98 Å². The Bertz CT molecular complexity index is 781. The van der Waals surface area contributed by atoms with Crippen molar-refractivity contribution in [3.63, 3.8) is 0 Å². The Hall–Kier alpha value is -2.32. The van der Waals surface area contributed by atoms with Crippen LogP contribution < -0.4 is 4.74 Å². The molecule has 5 nitrogen and oxygen atoms in total. The highest BCUT2D eigenvalue weighted by atomic mass is 16.5. The minimum atomic E-state index is 0.353. The number of aromatic nitrogens is 2. The van der Waals surface area contributed by atoms with E-state index in [2.05, 4.69) is 16.0 Å². The van der Waals surface area contributed by atoms with Crippen molar-refractivity contribution >= 4 is 0 Å². The summed E-state index contributed by atoms with van der Waals surface area (Å²) in [5.74, 6) is 1.93. The smallest absolute Gasteiger partial charge is 0.124 e. The maximum absolute atomic E-state index is 9.08. The maximum atomic E-state index is 9.08. The molecule has 5 heteroatoms. The maximum Gasteiger partial charge on any atom is 0.124 e. The van der Waals surface area contributed by atoms with Gasteiger partial charge in [-0.15, -0.1) is 0 Å². The molecule has 0 bridgehead atoms. The van der Waals surface area contributed by atoms with Crippen molar-refractivity contribution < 1.29 is 4.74 Å². The van der Waals surface area contributed by atoms with Gasteiger partial charge in [0.1, 0.15) is 11.6 Å². The van der Waals surface area contributed by atoms with Crippen LogP contribution in [0.15, 0.2) is 18.2 Å². The Labute approximate surface area is 148 Å². The second-order valence-corrected chi connectivity index (χ2v) is 7.02. The largest absolute Gasteiger partial charge is 0.496 e. The van der Waals surface area contributed by atoms with Crippen LogP contribution in [0.25, 0.3) is 0 Å². The van der Waals surface area contributed by atoms with Crippen molar-refractivity contribution in [2.45, 2.75) is 51.1 Å². The van der Waals surface area contributed by atoms with E-state index in [1.807, 2.05) is 18.2 Å². The highest BCUT2D eigenvalue weighted by Crippen LogP contribution is 2.34. The molecule has 0 spiro atoms. The standard InChI is InChI=1S/C20H24N4O/c1-25-19-11-14(12-21)8-9-15(19)13-24-10-4-7-18(24)20-22-16-5-2-3-6-17(16)23-20/h8-9,11,18H,2-7,10,13H2,1H3,(H,22,23)/t18-/m1/s1. The molecule has 0 amide bonds. The van der Waals surface area contributed by atoms with Crippen molar-refractivity contribution in [2.75, 3.05) is 13.7 Å². The molecule has 2 aliphatic rings. The summed E-state index contributed by atoms with van der Waals surface area (Å²) in [7, 11) is 1.67. The first-order valence-corrected chi connectivity index (χ1v) is 9.17. The molecule has 0 unspecified atom stereocenters. The first-order valence-electron chi connectivity index (χ1n) is 9.17. The van der Waals surface area contributed by atoms with Crippen molar-refractivity contribution in [1.82, 2.24) is 14.9 Å². The average molecular weight is 336 g/mol. The van der Waals surface area contributed by atoms with Gasteiger partial charge in [-0.2, -0.15) is 5.26 Å². The van der Waals surface area contributed by atoms with Crippen LogP contribution in [0.3, 0.4) is 0 Å². The molecule has 0 radical (unpaired) electrons. The number of hydrogen-bond donors (Lipinski definition) is 1. The van der Waals surface area contributed by atoms with E-state index < -0.39 is 0 Å². The number of methoxy groups -OCH3 is 1. The van der Waals surface area contributed by atoms with Crippen LogP contribution in [0.4, 0.5) is 0 Å². The predicted molar refractivity (Wildman–Crippen MR) is 95.3 cm³/mol. The lowest BCUT2D eigenvalue weighted by atomic mass is 10.0. The lowest BCUT2D eigenvalue weighted by Gasteiger charge is -2.24. The molecule has 1 aliphatic carbocycles. The van der Waals surface area contributed by atoms with Gasteiger partial charge in [-0.1, -0.05) is 6.07 Å². The van der Waals surface area contributed by atoms with Gasteiger partial charge in [-0.3, -0.25) is 4.90 Å². The molecule has 1 fully saturated rings. The number of imidazole rings is 1. The molecular weight excluding hydrogens is 312 g/mol. The van der Waals surface area contributed by atoms with Gasteiger partial charge in [0.15, 0.2) is 0 Å². The predicted octanol–water partition coefficient (Wildman–Crippen LogP) is 3.51. The number of H-pyrrole nitrogens is 1. The molecule has 1 aromatic heterocycles. The quantitative estimate of drug-likeness (QED) is 0.928. The summed E-state index contributed by atoms with van der Waals surface area (Å²) in [6.07, 6.45) is 7.11. The molecule has 2 heterocycles. The summed E-state index contributed by atoms with van der Waals surface area (Å²) in [6.45, 7) is 1.89. The molecule has 1 saturated heterocycles. The van der Waals surface area contributed by atoms with Gasteiger partial charge < -0.3 is 9.72 Å². The van der Waals surface area contributed by atoms with Gasteiger partial charge >= 0.3 is 0 Å². The molecule has 130 valence electrons. The minimum Gasteiger partial charge on any atom is -0.496 e. The number of fused-ring (bicyclic) bond motifs is 1. The summed E-state index contributed by atoms with van der Waals surface area (Å²) >= 11 is 0. The number of benzene rings is 1. The molecule has 2 aromatic rings. The number of aryl methyl sites for hydroxylation is 2. The third-order valence-corrected chi connectivity index (χ3v) is 5.44. The topological polar surface area (TPSA) is 64.9 Å². The Morgan fingerprint density at radius 3 is 3.00 bits per heavy atom. The van der Waals surface area contributed by atoms with E-state index in [0.717, 1.165) is 49.5 Å². The first-order chi connectivity index (χ1) is 12.3. The number of nitrogens with zero attached hydrogens (tertiary/aromatic N) is 3. The molecule has 1 N–H and O–H groups in total. The van der Waals surface area contributed by atoms with Crippen molar-refractivity contribution in [3.05, 3.63) is 46.5 Å². The third kappa shape index (κ3) is 3.14. The molecule has 1 atom stereocenters. The minimum absolute atomic E-state index is 0.353. The molecule has 0 saturated carbocycles. The molecule has 1 aliphatic heterocycles. The highest BCUT2D eigenvalue weighted by molar-refractivity contribution is 5.42. The zero-order valence-electron chi connectivity index (χ0n) is 14.7. The van der Waals surface area contributed by atoms with Crippen LogP contribution in [0.2, 0.25) is 0 Å². The zero-order chi connectivity index (χ0) is 17.2. The summed E-state index contributed by atoms with van der Waals surface area (Å²) < 4.78 is 5.50. The number of ether oxygens (including phenoxy) is 1. The number of hydrogen-bond acceptors (Lipinski definition) is 4. The van der Waals surface area contributed by atoms with E-state index in [4.69, 9.17) is 15.0 Å². The van der Waals surface area contributed by atoms with E-state index >= 15 is 0 Å². The molecule has 4 rings (SSSR count). The monoisotopic (exact) mass is 336 g/mol. The highest BCUT2D eigenvalue weighted by Gasteiger charge is 2.30.